The Hall–Kier alpha value is -2.20. The van der Waals surface area contributed by atoms with Crippen LogP contribution in [0.15, 0.2) is 54.6 Å². The van der Waals surface area contributed by atoms with Crippen LogP contribution in [0, 0.1) is 10.1 Å². The van der Waals surface area contributed by atoms with E-state index in [1.807, 2.05) is 12.1 Å². The van der Waals surface area contributed by atoms with Gasteiger partial charge in [-0.05, 0) is 30.9 Å². The topological polar surface area (TPSA) is 55.2 Å². The molecule has 4 heteroatoms. The standard InChI is InChI=1S/C17H20N2O2/c1-14(10-11-15-6-3-2-4-7-15)18-13-16-8-5-9-17(12-16)19(20)21/h2-9,12,14,18H,10-11,13H2,1H3/t14-/m1/s1. The van der Waals surface area contributed by atoms with E-state index in [4.69, 9.17) is 0 Å². The Morgan fingerprint density at radius 3 is 2.52 bits per heavy atom. The average Bonchev–Trinajstić information content (AvgIpc) is 2.52. The summed E-state index contributed by atoms with van der Waals surface area (Å²) < 4.78 is 0. The van der Waals surface area contributed by atoms with Gasteiger partial charge in [0.15, 0.2) is 0 Å². The quantitative estimate of drug-likeness (QED) is 0.623. The largest absolute Gasteiger partial charge is 0.310 e. The molecule has 0 heterocycles. The summed E-state index contributed by atoms with van der Waals surface area (Å²) in [6, 6.07) is 17.5. The van der Waals surface area contributed by atoms with E-state index >= 15 is 0 Å². The zero-order valence-corrected chi connectivity index (χ0v) is 12.2. The highest BCUT2D eigenvalue weighted by molar-refractivity contribution is 5.34. The SMILES string of the molecule is C[C@H](CCc1ccccc1)NCc1cccc([N+](=O)[O-])c1. The Balaban J connectivity index is 1.80. The van der Waals surface area contributed by atoms with E-state index in [9.17, 15) is 10.1 Å². The maximum Gasteiger partial charge on any atom is 0.269 e. The Morgan fingerprint density at radius 2 is 1.81 bits per heavy atom. The zero-order valence-electron chi connectivity index (χ0n) is 12.2. The first-order valence-electron chi connectivity index (χ1n) is 7.16. The van der Waals surface area contributed by atoms with Crippen molar-refractivity contribution < 1.29 is 4.92 Å². The molecule has 0 amide bonds. The first kappa shape index (κ1) is 15.2. The molecule has 0 spiro atoms. The molecule has 0 saturated heterocycles. The number of nitrogens with zero attached hydrogens (tertiary/aromatic N) is 1. The van der Waals surface area contributed by atoms with Gasteiger partial charge in [-0.25, -0.2) is 0 Å². The van der Waals surface area contributed by atoms with Crippen LogP contribution in [0.1, 0.15) is 24.5 Å². The lowest BCUT2D eigenvalue weighted by molar-refractivity contribution is -0.384. The van der Waals surface area contributed by atoms with Crippen molar-refractivity contribution in [3.8, 4) is 0 Å². The lowest BCUT2D eigenvalue weighted by atomic mass is 10.1. The molecule has 21 heavy (non-hydrogen) atoms. The fourth-order valence-electron chi connectivity index (χ4n) is 2.20. The number of aryl methyl sites for hydroxylation is 1. The molecule has 2 rings (SSSR count). The van der Waals surface area contributed by atoms with Gasteiger partial charge in [0.25, 0.3) is 5.69 Å². The summed E-state index contributed by atoms with van der Waals surface area (Å²) in [5.41, 5.74) is 2.42. The number of nitro groups is 1. The van der Waals surface area contributed by atoms with Crippen molar-refractivity contribution in [3.63, 3.8) is 0 Å². The summed E-state index contributed by atoms with van der Waals surface area (Å²) in [5.74, 6) is 0. The molecule has 1 N–H and O–H groups in total. The molecule has 1 atom stereocenters. The van der Waals surface area contributed by atoms with Gasteiger partial charge in [-0.1, -0.05) is 42.5 Å². The van der Waals surface area contributed by atoms with E-state index in [1.165, 1.54) is 11.6 Å². The molecule has 0 aliphatic carbocycles. The highest BCUT2D eigenvalue weighted by atomic mass is 16.6. The molecule has 0 fully saturated rings. The van der Waals surface area contributed by atoms with E-state index in [2.05, 4.69) is 36.5 Å². The number of rotatable bonds is 7. The summed E-state index contributed by atoms with van der Waals surface area (Å²) in [6.07, 6.45) is 2.07. The maximum absolute atomic E-state index is 10.7. The van der Waals surface area contributed by atoms with Crippen molar-refractivity contribution in [2.75, 3.05) is 0 Å². The van der Waals surface area contributed by atoms with Crippen LogP contribution in [0.5, 0.6) is 0 Å². The van der Waals surface area contributed by atoms with Crippen LogP contribution in [0.4, 0.5) is 5.69 Å². The van der Waals surface area contributed by atoms with Crippen molar-refractivity contribution in [3.05, 3.63) is 75.8 Å². The summed E-state index contributed by atoms with van der Waals surface area (Å²) in [4.78, 5) is 10.4. The number of nitrogens with one attached hydrogen (secondary N) is 1. The normalized spacial score (nSPS) is 12.0. The molecule has 0 aromatic heterocycles. The molecule has 110 valence electrons. The first-order chi connectivity index (χ1) is 10.1. The summed E-state index contributed by atoms with van der Waals surface area (Å²) in [5, 5.41) is 14.1. The van der Waals surface area contributed by atoms with Crippen LogP contribution < -0.4 is 5.32 Å². The van der Waals surface area contributed by atoms with Crippen LogP contribution in [-0.4, -0.2) is 11.0 Å². The summed E-state index contributed by atoms with van der Waals surface area (Å²) in [6.45, 7) is 2.79. The van der Waals surface area contributed by atoms with E-state index in [0.29, 0.717) is 12.6 Å². The van der Waals surface area contributed by atoms with Gasteiger partial charge in [-0.15, -0.1) is 0 Å². The minimum absolute atomic E-state index is 0.145. The van der Waals surface area contributed by atoms with Gasteiger partial charge in [-0.2, -0.15) is 0 Å². The molecular formula is C17H20N2O2. The number of nitro benzene ring substituents is 1. The molecule has 0 bridgehead atoms. The molecule has 0 aliphatic heterocycles. The van der Waals surface area contributed by atoms with E-state index < -0.39 is 0 Å². The Kier molecular flexibility index (Phi) is 5.46. The minimum atomic E-state index is -0.359. The van der Waals surface area contributed by atoms with Crippen LogP contribution in [0.2, 0.25) is 0 Å². The van der Waals surface area contributed by atoms with E-state index in [-0.39, 0.29) is 10.6 Å². The highest BCUT2D eigenvalue weighted by Crippen LogP contribution is 2.13. The second-order valence-corrected chi connectivity index (χ2v) is 5.23. The second kappa shape index (κ2) is 7.55. The molecule has 0 aliphatic rings. The van der Waals surface area contributed by atoms with Crippen LogP contribution in [0.25, 0.3) is 0 Å². The monoisotopic (exact) mass is 284 g/mol. The number of hydrogen-bond acceptors (Lipinski definition) is 3. The van der Waals surface area contributed by atoms with Crippen LogP contribution >= 0.6 is 0 Å². The molecule has 2 aromatic carbocycles. The molecular weight excluding hydrogens is 264 g/mol. The molecule has 4 nitrogen and oxygen atoms in total. The molecule has 0 radical (unpaired) electrons. The van der Waals surface area contributed by atoms with Crippen molar-refractivity contribution in [1.29, 1.82) is 0 Å². The van der Waals surface area contributed by atoms with Gasteiger partial charge in [-0.3, -0.25) is 10.1 Å². The van der Waals surface area contributed by atoms with E-state index in [1.54, 1.807) is 12.1 Å². The third kappa shape index (κ3) is 5.00. The van der Waals surface area contributed by atoms with Gasteiger partial charge < -0.3 is 5.32 Å². The maximum atomic E-state index is 10.7. The van der Waals surface area contributed by atoms with Gasteiger partial charge in [0.1, 0.15) is 0 Å². The minimum Gasteiger partial charge on any atom is -0.310 e. The number of benzene rings is 2. The smallest absolute Gasteiger partial charge is 0.269 e. The lowest BCUT2D eigenvalue weighted by Gasteiger charge is -2.13. The average molecular weight is 284 g/mol. The second-order valence-electron chi connectivity index (χ2n) is 5.23. The predicted octanol–water partition coefficient (Wildman–Crippen LogP) is 3.71. The Morgan fingerprint density at radius 1 is 1.10 bits per heavy atom. The van der Waals surface area contributed by atoms with Crippen molar-refractivity contribution in [2.45, 2.75) is 32.4 Å². The summed E-state index contributed by atoms with van der Waals surface area (Å²) >= 11 is 0. The van der Waals surface area contributed by atoms with Crippen molar-refractivity contribution in [2.24, 2.45) is 0 Å². The summed E-state index contributed by atoms with van der Waals surface area (Å²) in [7, 11) is 0. The van der Waals surface area contributed by atoms with Crippen LogP contribution in [-0.2, 0) is 13.0 Å². The van der Waals surface area contributed by atoms with Gasteiger partial charge in [0, 0.05) is 24.7 Å². The molecule has 2 aromatic rings. The Labute approximate surface area is 125 Å². The van der Waals surface area contributed by atoms with Gasteiger partial charge in [0.2, 0.25) is 0 Å². The van der Waals surface area contributed by atoms with Gasteiger partial charge in [0.05, 0.1) is 4.92 Å². The Bertz CT molecular complexity index is 584. The lowest BCUT2D eigenvalue weighted by Crippen LogP contribution is -2.25. The first-order valence-corrected chi connectivity index (χ1v) is 7.16. The zero-order chi connectivity index (χ0) is 15.1. The van der Waals surface area contributed by atoms with Crippen molar-refractivity contribution >= 4 is 5.69 Å². The molecule has 0 saturated carbocycles. The number of hydrogen-bond donors (Lipinski definition) is 1. The fraction of sp³-hybridized carbons (Fsp3) is 0.294. The fourth-order valence-corrected chi connectivity index (χ4v) is 2.20. The highest BCUT2D eigenvalue weighted by Gasteiger charge is 2.07. The molecule has 0 unspecified atom stereocenters. The van der Waals surface area contributed by atoms with Crippen LogP contribution in [0.3, 0.4) is 0 Å². The van der Waals surface area contributed by atoms with Crippen molar-refractivity contribution in [1.82, 2.24) is 5.32 Å². The third-order valence-electron chi connectivity index (χ3n) is 3.48. The van der Waals surface area contributed by atoms with Gasteiger partial charge >= 0.3 is 0 Å². The van der Waals surface area contributed by atoms with E-state index in [0.717, 1.165) is 18.4 Å². The number of non-ortho nitro benzene ring substituents is 1. The predicted molar refractivity (Wildman–Crippen MR) is 84.2 cm³/mol. The third-order valence-corrected chi connectivity index (χ3v) is 3.48.